The van der Waals surface area contributed by atoms with Crippen LogP contribution in [-0.2, 0) is 0 Å². The van der Waals surface area contributed by atoms with Crippen molar-refractivity contribution in [3.05, 3.63) is 87.6 Å². The Bertz CT molecular complexity index is 1430. The second-order valence-corrected chi connectivity index (χ2v) is 16.2. The molecule has 0 saturated carbocycles. The number of rotatable bonds is 3. The van der Waals surface area contributed by atoms with E-state index in [1.807, 2.05) is 13.0 Å². The first-order valence-electron chi connectivity index (χ1n) is 14.3. The molecule has 5 heteroatoms. The van der Waals surface area contributed by atoms with Gasteiger partial charge in [-0.25, -0.2) is 4.58 Å². The Kier molecular flexibility index (Phi) is 6.51. The number of benzene rings is 2. The maximum atomic E-state index is 11.6. The number of allylic oxidation sites excluding steroid dienone is 5. The van der Waals surface area contributed by atoms with Gasteiger partial charge in [-0.05, 0) is 101 Å². The molecule has 3 aliphatic heterocycles. The van der Waals surface area contributed by atoms with Gasteiger partial charge in [-0.2, -0.15) is 0 Å². The van der Waals surface area contributed by atoms with Gasteiger partial charge in [0.1, 0.15) is 21.2 Å². The standard InChI is InChI=1S/C33H38N2O2Si/c1-23-20-24(33(36)37)10-13-27(23)32-28-14-11-25(34-16-6-4-7-17-34)21-30(28)38(2,3)31-22-26(12-15-29(31)32)35-18-8-5-9-19-35/h10-15,20-22H,4-9,16-19H2,1-3H3. The average Bonchev–Trinajstić information content (AvgIpc) is 2.94. The summed E-state index contributed by atoms with van der Waals surface area (Å²) in [4.78, 5) is 14.1. The number of piperidine rings is 2. The van der Waals surface area contributed by atoms with Gasteiger partial charge in [-0.15, -0.1) is 0 Å². The highest BCUT2D eigenvalue weighted by Gasteiger charge is 2.41. The van der Waals surface area contributed by atoms with E-state index in [4.69, 9.17) is 0 Å². The molecule has 6 rings (SSSR count). The van der Waals surface area contributed by atoms with Crippen molar-refractivity contribution in [2.24, 2.45) is 0 Å². The van der Waals surface area contributed by atoms with Crippen molar-refractivity contribution in [2.45, 2.75) is 58.5 Å². The number of fused-ring (bicyclic) bond motifs is 2. The average molecular weight is 523 g/mol. The minimum atomic E-state index is -2.02. The number of carboxylic acid groups (broad SMARTS) is 1. The number of carbonyl (C=O) groups excluding carboxylic acids is 1. The number of nitrogens with zero attached hydrogens (tertiary/aromatic N) is 2. The molecule has 2 aromatic rings. The Hall–Kier alpha value is -3.18. The highest BCUT2D eigenvalue weighted by Crippen LogP contribution is 2.43. The zero-order valence-corrected chi connectivity index (χ0v) is 24.0. The van der Waals surface area contributed by atoms with Crippen molar-refractivity contribution in [1.82, 2.24) is 0 Å². The normalized spacial score (nSPS) is 20.7. The van der Waals surface area contributed by atoms with Crippen LogP contribution < -0.4 is 15.2 Å². The molecule has 2 aromatic carbocycles. The third-order valence-electron chi connectivity index (χ3n) is 9.07. The Morgan fingerprint density at radius 2 is 1.61 bits per heavy atom. The first kappa shape index (κ1) is 25.1. The van der Waals surface area contributed by atoms with Crippen molar-refractivity contribution < 1.29 is 14.5 Å². The molecule has 2 fully saturated rings. The summed E-state index contributed by atoms with van der Waals surface area (Å²) in [7, 11) is -2.02. The van der Waals surface area contributed by atoms with E-state index in [0.717, 1.165) is 37.3 Å². The van der Waals surface area contributed by atoms with Crippen molar-refractivity contribution in [1.29, 1.82) is 0 Å². The van der Waals surface area contributed by atoms with Crippen LogP contribution in [0.2, 0.25) is 13.1 Å². The van der Waals surface area contributed by atoms with Crippen molar-refractivity contribution >= 4 is 36.2 Å². The zero-order chi connectivity index (χ0) is 26.4. The Labute approximate surface area is 227 Å². The topological polar surface area (TPSA) is 46.4 Å². The van der Waals surface area contributed by atoms with Crippen LogP contribution in [0.15, 0.2) is 65.4 Å². The molecule has 38 heavy (non-hydrogen) atoms. The van der Waals surface area contributed by atoms with Gasteiger partial charge in [0.2, 0.25) is 0 Å². The molecular weight excluding hydrogens is 484 g/mol. The van der Waals surface area contributed by atoms with E-state index < -0.39 is 14.0 Å². The van der Waals surface area contributed by atoms with E-state index in [2.05, 4.69) is 59.0 Å². The van der Waals surface area contributed by atoms with Crippen LogP contribution in [0.25, 0.3) is 5.57 Å². The molecule has 196 valence electrons. The van der Waals surface area contributed by atoms with Gasteiger partial charge in [0.05, 0.1) is 5.97 Å². The SMILES string of the molecule is Cc1cc(C(=O)[O-])ccc1C1=C2C=CC(=[N+]3CCCCC3)C=C2[Si](C)(C)c2cc(N3CCCCC3)ccc21. The largest absolute Gasteiger partial charge is 0.545 e. The minimum Gasteiger partial charge on any atom is -0.545 e. The lowest BCUT2D eigenvalue weighted by atomic mass is 9.87. The van der Waals surface area contributed by atoms with Crippen LogP contribution in [0.1, 0.15) is 65.6 Å². The molecule has 3 heterocycles. The molecule has 0 atom stereocenters. The van der Waals surface area contributed by atoms with Crippen LogP contribution >= 0.6 is 0 Å². The summed E-state index contributed by atoms with van der Waals surface area (Å²) in [6, 6.07) is 12.6. The Balaban J connectivity index is 1.57. The van der Waals surface area contributed by atoms with Gasteiger partial charge in [0, 0.05) is 43.8 Å². The number of carbonyl (C=O) groups is 1. The smallest absolute Gasteiger partial charge is 0.199 e. The van der Waals surface area contributed by atoms with Crippen LogP contribution in [0.5, 0.6) is 0 Å². The van der Waals surface area contributed by atoms with Crippen molar-refractivity contribution in [2.75, 3.05) is 31.1 Å². The fourth-order valence-corrected chi connectivity index (χ4v) is 9.95. The van der Waals surface area contributed by atoms with Crippen LogP contribution in [0, 0.1) is 6.92 Å². The second-order valence-electron chi connectivity index (χ2n) is 11.9. The van der Waals surface area contributed by atoms with E-state index in [1.54, 1.807) is 12.1 Å². The summed E-state index contributed by atoms with van der Waals surface area (Å²) in [6.07, 6.45) is 14.9. The van der Waals surface area contributed by atoms with Gasteiger partial charge >= 0.3 is 0 Å². The second kappa shape index (κ2) is 9.85. The van der Waals surface area contributed by atoms with Gasteiger partial charge in [0.15, 0.2) is 5.71 Å². The highest BCUT2D eigenvalue weighted by atomic mass is 28.3. The van der Waals surface area contributed by atoms with E-state index in [9.17, 15) is 9.90 Å². The third kappa shape index (κ3) is 4.31. The zero-order valence-electron chi connectivity index (χ0n) is 23.0. The Morgan fingerprint density at radius 3 is 2.32 bits per heavy atom. The molecule has 0 bridgehead atoms. The fourth-order valence-electron chi connectivity index (χ4n) is 6.88. The summed E-state index contributed by atoms with van der Waals surface area (Å²) in [6.45, 7) is 11.6. The number of hydrogen-bond acceptors (Lipinski definition) is 3. The predicted octanol–water partition coefficient (Wildman–Crippen LogP) is 4.75. The number of hydrogen-bond donors (Lipinski definition) is 0. The molecule has 1 aliphatic carbocycles. The van der Waals surface area contributed by atoms with E-state index >= 15 is 0 Å². The summed E-state index contributed by atoms with van der Waals surface area (Å²) >= 11 is 0. The van der Waals surface area contributed by atoms with E-state index in [1.165, 1.54) is 77.0 Å². The molecular formula is C33H38N2O2Si. The lowest BCUT2D eigenvalue weighted by molar-refractivity contribution is -0.535. The number of carboxylic acids is 1. The van der Waals surface area contributed by atoms with Crippen LogP contribution in [0.4, 0.5) is 5.69 Å². The maximum absolute atomic E-state index is 11.6. The highest BCUT2D eigenvalue weighted by molar-refractivity contribution is 6.98. The number of anilines is 1. The summed E-state index contributed by atoms with van der Waals surface area (Å²) in [5, 5.41) is 14.6. The van der Waals surface area contributed by atoms with Crippen LogP contribution in [0.3, 0.4) is 0 Å². The molecule has 4 nitrogen and oxygen atoms in total. The molecule has 0 unspecified atom stereocenters. The molecule has 4 aliphatic rings. The van der Waals surface area contributed by atoms with E-state index in [0.29, 0.717) is 0 Å². The first-order valence-corrected chi connectivity index (χ1v) is 17.3. The predicted molar refractivity (Wildman–Crippen MR) is 157 cm³/mol. The van der Waals surface area contributed by atoms with Gasteiger partial charge in [0.25, 0.3) is 0 Å². The van der Waals surface area contributed by atoms with Crippen molar-refractivity contribution in [3.63, 3.8) is 0 Å². The first-order chi connectivity index (χ1) is 18.3. The van der Waals surface area contributed by atoms with E-state index in [-0.39, 0.29) is 5.56 Å². The van der Waals surface area contributed by atoms with Gasteiger partial charge in [-0.1, -0.05) is 31.3 Å². The Morgan fingerprint density at radius 1 is 0.895 bits per heavy atom. The molecule has 2 saturated heterocycles. The van der Waals surface area contributed by atoms with Gasteiger partial charge < -0.3 is 14.8 Å². The number of aromatic carboxylic acids is 1. The minimum absolute atomic E-state index is 0.235. The summed E-state index contributed by atoms with van der Waals surface area (Å²) in [5.74, 6) is -1.13. The fraction of sp³-hybridized carbons (Fsp3) is 0.394. The van der Waals surface area contributed by atoms with Gasteiger partial charge in [-0.3, -0.25) is 0 Å². The lowest BCUT2D eigenvalue weighted by Crippen LogP contribution is -2.50. The molecule has 0 N–H and O–H groups in total. The lowest BCUT2D eigenvalue weighted by Gasteiger charge is -2.39. The molecule has 0 spiro atoms. The summed E-state index contributed by atoms with van der Waals surface area (Å²) in [5.41, 5.74) is 8.87. The van der Waals surface area contributed by atoms with Crippen molar-refractivity contribution in [3.8, 4) is 0 Å². The monoisotopic (exact) mass is 522 g/mol. The molecule has 0 amide bonds. The summed E-state index contributed by atoms with van der Waals surface area (Å²) < 4.78 is 2.56. The maximum Gasteiger partial charge on any atom is 0.199 e. The number of aryl methyl sites for hydroxylation is 1. The molecule has 0 aromatic heterocycles. The third-order valence-corrected chi connectivity index (χ3v) is 12.6. The molecule has 0 radical (unpaired) electrons. The quantitative estimate of drug-likeness (QED) is 0.432. The van der Waals surface area contributed by atoms with Crippen LogP contribution in [-0.4, -0.2) is 50.5 Å².